The number of unbranched alkanes of at least 4 members (excludes halogenated alkanes) is 2. The third-order valence-corrected chi connectivity index (χ3v) is 3.74. The highest BCUT2D eigenvalue weighted by molar-refractivity contribution is 5.22. The highest BCUT2D eigenvalue weighted by atomic mass is 16.5. The largest absolute Gasteiger partial charge is 0.383 e. The summed E-state index contributed by atoms with van der Waals surface area (Å²) in [5.74, 6) is 0.736. The summed E-state index contributed by atoms with van der Waals surface area (Å²) in [5, 5.41) is 3.52. The molecule has 0 bridgehead atoms. The Balaban J connectivity index is 2.43. The first-order valence-electron chi connectivity index (χ1n) is 8.01. The van der Waals surface area contributed by atoms with Gasteiger partial charge in [-0.05, 0) is 37.8 Å². The molecule has 1 rings (SSSR count). The summed E-state index contributed by atoms with van der Waals surface area (Å²) >= 11 is 0. The highest BCUT2D eigenvalue weighted by Crippen LogP contribution is 2.16. The molecule has 0 radical (unpaired) electrons. The van der Waals surface area contributed by atoms with E-state index >= 15 is 0 Å². The van der Waals surface area contributed by atoms with E-state index in [0.29, 0.717) is 0 Å². The zero-order valence-electron chi connectivity index (χ0n) is 13.5. The van der Waals surface area contributed by atoms with Crippen LogP contribution in [0.2, 0.25) is 0 Å². The molecular formula is C18H31NO. The van der Waals surface area contributed by atoms with E-state index < -0.39 is 0 Å². The smallest absolute Gasteiger partial charge is 0.0587 e. The quantitative estimate of drug-likeness (QED) is 0.618. The Morgan fingerprint density at radius 2 is 2.10 bits per heavy atom. The molecule has 0 aromatic heterocycles. The van der Waals surface area contributed by atoms with Crippen LogP contribution < -0.4 is 5.32 Å². The second-order valence-corrected chi connectivity index (χ2v) is 5.75. The van der Waals surface area contributed by atoms with Gasteiger partial charge in [0.2, 0.25) is 0 Å². The van der Waals surface area contributed by atoms with Gasteiger partial charge in [0.15, 0.2) is 0 Å². The zero-order chi connectivity index (χ0) is 14.6. The van der Waals surface area contributed by atoms with Gasteiger partial charge in [-0.3, -0.25) is 0 Å². The summed E-state index contributed by atoms with van der Waals surface area (Å²) in [5.41, 5.74) is 2.84. The molecule has 1 unspecified atom stereocenters. The number of hydrogen-bond acceptors (Lipinski definition) is 2. The van der Waals surface area contributed by atoms with Crippen molar-refractivity contribution in [2.45, 2.75) is 46.0 Å². The highest BCUT2D eigenvalue weighted by Gasteiger charge is 2.09. The van der Waals surface area contributed by atoms with Gasteiger partial charge in [-0.25, -0.2) is 0 Å². The summed E-state index contributed by atoms with van der Waals surface area (Å²) < 4.78 is 5.09. The number of benzene rings is 1. The van der Waals surface area contributed by atoms with Crippen molar-refractivity contribution >= 4 is 0 Å². The Labute approximate surface area is 124 Å². The number of nitrogens with one attached hydrogen (secondary N) is 1. The molecule has 0 aliphatic rings. The van der Waals surface area contributed by atoms with Crippen LogP contribution in [0.15, 0.2) is 24.3 Å². The predicted molar refractivity (Wildman–Crippen MR) is 87.3 cm³/mol. The van der Waals surface area contributed by atoms with E-state index in [1.807, 2.05) is 0 Å². The van der Waals surface area contributed by atoms with Crippen molar-refractivity contribution < 1.29 is 4.74 Å². The molecule has 0 aliphatic heterocycles. The Morgan fingerprint density at radius 1 is 1.25 bits per heavy atom. The van der Waals surface area contributed by atoms with Crippen molar-refractivity contribution in [2.75, 3.05) is 26.8 Å². The standard InChI is InChI=1S/C18H31NO/c1-4-5-6-9-18(15-19-11-12-20-3)14-17-10-7-8-16(2)13-17/h7-8,10,13,18-19H,4-6,9,11-12,14-15H2,1-3H3. The van der Waals surface area contributed by atoms with E-state index in [-0.39, 0.29) is 0 Å². The maximum Gasteiger partial charge on any atom is 0.0587 e. The van der Waals surface area contributed by atoms with Gasteiger partial charge in [0.1, 0.15) is 0 Å². The SMILES string of the molecule is CCCCCC(CNCCOC)Cc1cccc(C)c1. The minimum atomic E-state index is 0.736. The van der Waals surface area contributed by atoms with Crippen LogP contribution in [0.25, 0.3) is 0 Å². The van der Waals surface area contributed by atoms with Gasteiger partial charge in [0.25, 0.3) is 0 Å². The summed E-state index contributed by atoms with van der Waals surface area (Å²) in [6.45, 7) is 7.29. The van der Waals surface area contributed by atoms with E-state index in [0.717, 1.165) is 25.6 Å². The lowest BCUT2D eigenvalue weighted by Gasteiger charge is -2.18. The van der Waals surface area contributed by atoms with Crippen molar-refractivity contribution in [1.82, 2.24) is 5.32 Å². The Hall–Kier alpha value is -0.860. The molecule has 2 heteroatoms. The summed E-state index contributed by atoms with van der Waals surface area (Å²) in [7, 11) is 1.76. The number of methoxy groups -OCH3 is 1. The maximum absolute atomic E-state index is 5.09. The van der Waals surface area contributed by atoms with Gasteiger partial charge in [0, 0.05) is 13.7 Å². The van der Waals surface area contributed by atoms with Gasteiger partial charge in [0.05, 0.1) is 6.61 Å². The van der Waals surface area contributed by atoms with Crippen molar-refractivity contribution in [3.05, 3.63) is 35.4 Å². The van der Waals surface area contributed by atoms with E-state index in [2.05, 4.69) is 43.4 Å². The molecule has 114 valence electrons. The summed E-state index contributed by atoms with van der Waals surface area (Å²) in [6, 6.07) is 8.93. The fourth-order valence-electron chi connectivity index (χ4n) is 2.61. The lowest BCUT2D eigenvalue weighted by molar-refractivity contribution is 0.197. The Morgan fingerprint density at radius 3 is 2.80 bits per heavy atom. The molecule has 0 aliphatic carbocycles. The number of ether oxygens (including phenoxy) is 1. The molecule has 0 fully saturated rings. The fourth-order valence-corrected chi connectivity index (χ4v) is 2.61. The third-order valence-electron chi connectivity index (χ3n) is 3.74. The predicted octanol–water partition coefficient (Wildman–Crippen LogP) is 3.97. The van der Waals surface area contributed by atoms with Crippen LogP contribution in [0.3, 0.4) is 0 Å². The van der Waals surface area contributed by atoms with Crippen LogP contribution in [-0.2, 0) is 11.2 Å². The molecule has 20 heavy (non-hydrogen) atoms. The number of rotatable bonds is 11. The van der Waals surface area contributed by atoms with E-state index in [1.165, 1.54) is 43.2 Å². The van der Waals surface area contributed by atoms with Gasteiger partial charge < -0.3 is 10.1 Å². The second-order valence-electron chi connectivity index (χ2n) is 5.75. The van der Waals surface area contributed by atoms with Crippen molar-refractivity contribution in [3.63, 3.8) is 0 Å². The fraction of sp³-hybridized carbons (Fsp3) is 0.667. The molecule has 1 N–H and O–H groups in total. The zero-order valence-corrected chi connectivity index (χ0v) is 13.5. The molecule has 0 amide bonds. The first kappa shape index (κ1) is 17.2. The maximum atomic E-state index is 5.09. The van der Waals surface area contributed by atoms with Gasteiger partial charge in [-0.2, -0.15) is 0 Å². The number of hydrogen-bond donors (Lipinski definition) is 1. The van der Waals surface area contributed by atoms with Crippen LogP contribution in [-0.4, -0.2) is 26.8 Å². The monoisotopic (exact) mass is 277 g/mol. The molecule has 1 aromatic rings. The molecule has 0 saturated heterocycles. The molecule has 2 nitrogen and oxygen atoms in total. The molecular weight excluding hydrogens is 246 g/mol. The Kier molecular flexibility index (Phi) is 9.35. The molecule has 0 heterocycles. The third kappa shape index (κ3) is 7.66. The van der Waals surface area contributed by atoms with E-state index in [4.69, 9.17) is 4.74 Å². The van der Waals surface area contributed by atoms with Gasteiger partial charge >= 0.3 is 0 Å². The van der Waals surface area contributed by atoms with Crippen molar-refractivity contribution in [3.8, 4) is 0 Å². The second kappa shape index (κ2) is 10.9. The first-order valence-corrected chi connectivity index (χ1v) is 8.01. The van der Waals surface area contributed by atoms with E-state index in [1.54, 1.807) is 7.11 Å². The van der Waals surface area contributed by atoms with Crippen LogP contribution in [0.1, 0.15) is 43.7 Å². The van der Waals surface area contributed by atoms with Crippen molar-refractivity contribution in [2.24, 2.45) is 5.92 Å². The van der Waals surface area contributed by atoms with Crippen LogP contribution in [0, 0.1) is 12.8 Å². The molecule has 1 aromatic carbocycles. The van der Waals surface area contributed by atoms with Gasteiger partial charge in [-0.15, -0.1) is 0 Å². The first-order chi connectivity index (χ1) is 9.76. The van der Waals surface area contributed by atoms with Crippen LogP contribution >= 0.6 is 0 Å². The van der Waals surface area contributed by atoms with Crippen LogP contribution in [0.4, 0.5) is 0 Å². The summed E-state index contributed by atoms with van der Waals surface area (Å²) in [4.78, 5) is 0. The average Bonchev–Trinajstić information content (AvgIpc) is 2.43. The van der Waals surface area contributed by atoms with Crippen LogP contribution in [0.5, 0.6) is 0 Å². The normalized spacial score (nSPS) is 12.6. The van der Waals surface area contributed by atoms with Gasteiger partial charge in [-0.1, -0.05) is 56.0 Å². The number of aryl methyl sites for hydroxylation is 1. The average molecular weight is 277 g/mol. The topological polar surface area (TPSA) is 21.3 Å². The minimum absolute atomic E-state index is 0.736. The summed E-state index contributed by atoms with van der Waals surface area (Å²) in [6.07, 6.45) is 6.50. The molecule has 1 atom stereocenters. The molecule has 0 spiro atoms. The molecule has 0 saturated carbocycles. The lowest BCUT2D eigenvalue weighted by atomic mass is 9.93. The lowest BCUT2D eigenvalue weighted by Crippen LogP contribution is -2.27. The van der Waals surface area contributed by atoms with Crippen molar-refractivity contribution in [1.29, 1.82) is 0 Å². The van der Waals surface area contributed by atoms with E-state index in [9.17, 15) is 0 Å². The minimum Gasteiger partial charge on any atom is -0.383 e. The Bertz CT molecular complexity index is 351.